The maximum absolute atomic E-state index is 13.8. The third-order valence-electron chi connectivity index (χ3n) is 7.99. The Morgan fingerprint density at radius 2 is 1.72 bits per heavy atom. The van der Waals surface area contributed by atoms with E-state index in [1.165, 1.54) is 22.2 Å². The Hall–Kier alpha value is -3.18. The summed E-state index contributed by atoms with van der Waals surface area (Å²) < 4.78 is 21.9. The topological polar surface area (TPSA) is 98.4 Å². The molecule has 3 aliphatic rings. The van der Waals surface area contributed by atoms with Gasteiger partial charge in [-0.3, -0.25) is 19.1 Å². The van der Waals surface area contributed by atoms with Gasteiger partial charge in [-0.2, -0.15) is 0 Å². The van der Waals surface area contributed by atoms with Crippen LogP contribution >= 0.6 is 0 Å². The molecule has 0 saturated carbocycles. The van der Waals surface area contributed by atoms with Gasteiger partial charge in [-0.1, -0.05) is 0 Å². The van der Waals surface area contributed by atoms with Crippen LogP contribution in [-0.2, 0) is 18.3 Å². The molecule has 3 saturated heterocycles. The Labute approximate surface area is 207 Å². The molecule has 36 heavy (non-hydrogen) atoms. The van der Waals surface area contributed by atoms with Crippen molar-refractivity contribution in [3.05, 3.63) is 56.7 Å². The number of aryl methyl sites for hydroxylation is 1. The molecule has 11 heteroatoms. The Balaban J connectivity index is 1.11. The van der Waals surface area contributed by atoms with Crippen molar-refractivity contribution in [1.82, 2.24) is 29.0 Å². The molecule has 3 aromatic rings. The highest BCUT2D eigenvalue weighted by atomic mass is 19.1. The Morgan fingerprint density at radius 1 is 1.03 bits per heavy atom. The molecule has 1 spiro atoms. The fraction of sp³-hybridized carbons (Fsp3) is 0.560. The minimum absolute atomic E-state index is 0.202. The summed E-state index contributed by atoms with van der Waals surface area (Å²) in [5, 5.41) is 0. The second kappa shape index (κ2) is 9.04. The predicted octanol–water partition coefficient (Wildman–Crippen LogP) is 1.48. The molecular weight excluding hydrogens is 465 g/mol. The standard InChI is InChI=1S/C25H30FN7O3/c1-30-20-10-18(26)13-27-21(20)33(23(35)22(30)34)19-2-6-32(7-3-19)24-28-11-17(12-29-24)14-31-15-25(16-31)4-8-36-9-5-25/h10-13,19H,2-9,14-16H2,1H3. The average molecular weight is 496 g/mol. The highest BCUT2D eigenvalue weighted by Gasteiger charge is 2.43. The lowest BCUT2D eigenvalue weighted by atomic mass is 9.73. The SMILES string of the molecule is Cn1c(=O)c(=O)n(C2CCN(c3ncc(CN4CC5(CCOCC5)C4)cn3)CC2)c2ncc(F)cc21. The van der Waals surface area contributed by atoms with Gasteiger partial charge in [0.15, 0.2) is 5.65 Å². The van der Waals surface area contributed by atoms with E-state index >= 15 is 0 Å². The Morgan fingerprint density at radius 3 is 2.42 bits per heavy atom. The highest BCUT2D eigenvalue weighted by molar-refractivity contribution is 5.70. The number of likely N-dealkylation sites (tertiary alicyclic amines) is 1. The summed E-state index contributed by atoms with van der Waals surface area (Å²) in [7, 11) is 1.46. The monoisotopic (exact) mass is 495 g/mol. The number of aromatic nitrogens is 5. The Kier molecular flexibility index (Phi) is 5.83. The number of hydrogen-bond donors (Lipinski definition) is 0. The summed E-state index contributed by atoms with van der Waals surface area (Å²) in [6.07, 6.45) is 8.46. The molecule has 0 bridgehead atoms. The first kappa shape index (κ1) is 23.2. The van der Waals surface area contributed by atoms with E-state index in [2.05, 4.69) is 24.8 Å². The van der Waals surface area contributed by atoms with E-state index in [4.69, 9.17) is 4.74 Å². The number of ether oxygens (including phenoxy) is 1. The normalized spacial score (nSPS) is 20.7. The van der Waals surface area contributed by atoms with Gasteiger partial charge in [-0.25, -0.2) is 19.3 Å². The van der Waals surface area contributed by atoms with Crippen molar-refractivity contribution in [2.45, 2.75) is 38.3 Å². The van der Waals surface area contributed by atoms with Crippen molar-refractivity contribution in [3.8, 4) is 0 Å². The fourth-order valence-electron chi connectivity index (χ4n) is 5.95. The number of anilines is 1. The summed E-state index contributed by atoms with van der Waals surface area (Å²) in [5.41, 5.74) is 0.885. The summed E-state index contributed by atoms with van der Waals surface area (Å²) in [5.74, 6) is 0.124. The van der Waals surface area contributed by atoms with E-state index in [1.807, 2.05) is 12.4 Å². The van der Waals surface area contributed by atoms with E-state index in [0.717, 1.165) is 57.4 Å². The molecule has 3 aliphatic heterocycles. The molecule has 0 radical (unpaired) electrons. The van der Waals surface area contributed by atoms with Crippen LogP contribution in [0.5, 0.6) is 0 Å². The molecule has 0 amide bonds. The summed E-state index contributed by atoms with van der Waals surface area (Å²) in [6, 6.07) is 1.04. The van der Waals surface area contributed by atoms with Gasteiger partial charge in [-0.05, 0) is 25.7 Å². The van der Waals surface area contributed by atoms with E-state index in [9.17, 15) is 14.0 Å². The second-order valence-electron chi connectivity index (χ2n) is 10.4. The van der Waals surface area contributed by atoms with Gasteiger partial charge in [-0.15, -0.1) is 0 Å². The summed E-state index contributed by atoms with van der Waals surface area (Å²) in [4.78, 5) is 43.3. The first-order valence-corrected chi connectivity index (χ1v) is 12.6. The van der Waals surface area contributed by atoms with Gasteiger partial charge in [0.2, 0.25) is 5.95 Å². The number of nitrogens with zero attached hydrogens (tertiary/aromatic N) is 7. The van der Waals surface area contributed by atoms with Crippen molar-refractivity contribution in [3.63, 3.8) is 0 Å². The van der Waals surface area contributed by atoms with Crippen LogP contribution in [0.3, 0.4) is 0 Å². The van der Waals surface area contributed by atoms with E-state index in [0.29, 0.717) is 48.5 Å². The molecule has 190 valence electrons. The molecule has 0 aliphatic carbocycles. The molecule has 6 rings (SSSR count). The molecule has 0 aromatic carbocycles. The number of hydrogen-bond acceptors (Lipinski definition) is 8. The zero-order valence-corrected chi connectivity index (χ0v) is 20.4. The maximum atomic E-state index is 13.8. The number of fused-ring (bicyclic) bond motifs is 1. The third kappa shape index (κ3) is 4.09. The van der Waals surface area contributed by atoms with Crippen molar-refractivity contribution in [1.29, 1.82) is 0 Å². The lowest BCUT2D eigenvalue weighted by molar-refractivity contribution is -0.0839. The molecule has 0 N–H and O–H groups in total. The number of halogens is 1. The first-order valence-electron chi connectivity index (χ1n) is 12.6. The lowest BCUT2D eigenvalue weighted by Gasteiger charge is -2.52. The van der Waals surface area contributed by atoms with Crippen molar-refractivity contribution in [2.75, 3.05) is 44.3 Å². The largest absolute Gasteiger partial charge is 0.381 e. The quantitative estimate of drug-likeness (QED) is 0.502. The van der Waals surface area contributed by atoms with Crippen molar-refractivity contribution < 1.29 is 9.13 Å². The van der Waals surface area contributed by atoms with E-state index in [-0.39, 0.29) is 6.04 Å². The van der Waals surface area contributed by atoms with E-state index < -0.39 is 16.9 Å². The summed E-state index contributed by atoms with van der Waals surface area (Å²) in [6.45, 7) is 6.13. The van der Waals surface area contributed by atoms with Crippen LogP contribution in [0.2, 0.25) is 0 Å². The van der Waals surface area contributed by atoms with Gasteiger partial charge < -0.3 is 14.2 Å². The summed E-state index contributed by atoms with van der Waals surface area (Å²) >= 11 is 0. The van der Waals surface area contributed by atoms with E-state index in [1.54, 1.807) is 0 Å². The maximum Gasteiger partial charge on any atom is 0.318 e. The molecule has 3 fully saturated rings. The Bertz CT molecular complexity index is 1380. The molecule has 10 nitrogen and oxygen atoms in total. The molecular formula is C25H30FN7O3. The van der Waals surface area contributed by atoms with Crippen LogP contribution in [-0.4, -0.2) is 68.4 Å². The zero-order valence-electron chi connectivity index (χ0n) is 20.4. The number of piperidine rings is 1. The van der Waals surface area contributed by atoms with Crippen molar-refractivity contribution >= 4 is 17.1 Å². The van der Waals surface area contributed by atoms with Crippen LogP contribution in [0, 0.1) is 11.2 Å². The first-order chi connectivity index (χ1) is 17.4. The van der Waals surface area contributed by atoms with Gasteiger partial charge in [0.05, 0.1) is 11.7 Å². The number of rotatable bonds is 4. The minimum Gasteiger partial charge on any atom is -0.381 e. The molecule has 6 heterocycles. The van der Waals surface area contributed by atoms with Gasteiger partial charge in [0, 0.05) is 88.5 Å². The second-order valence-corrected chi connectivity index (χ2v) is 10.4. The smallest absolute Gasteiger partial charge is 0.318 e. The van der Waals surface area contributed by atoms with Crippen LogP contribution in [0.4, 0.5) is 10.3 Å². The number of pyridine rings is 1. The zero-order chi connectivity index (χ0) is 24.9. The van der Waals surface area contributed by atoms with Gasteiger partial charge in [0.25, 0.3) is 0 Å². The molecule has 3 aromatic heterocycles. The van der Waals surface area contributed by atoms with Crippen LogP contribution < -0.4 is 16.0 Å². The highest BCUT2D eigenvalue weighted by Crippen LogP contribution is 2.40. The van der Waals surface area contributed by atoms with Crippen LogP contribution in [0.15, 0.2) is 34.2 Å². The van der Waals surface area contributed by atoms with Gasteiger partial charge in [0.1, 0.15) is 5.82 Å². The third-order valence-corrected chi connectivity index (χ3v) is 7.99. The lowest BCUT2D eigenvalue weighted by Crippen LogP contribution is -2.57. The van der Waals surface area contributed by atoms with Crippen molar-refractivity contribution in [2.24, 2.45) is 12.5 Å². The van der Waals surface area contributed by atoms with Gasteiger partial charge >= 0.3 is 11.1 Å². The molecule has 0 unspecified atom stereocenters. The van der Waals surface area contributed by atoms with Crippen LogP contribution in [0.25, 0.3) is 11.2 Å². The predicted molar refractivity (Wildman–Crippen MR) is 131 cm³/mol. The minimum atomic E-state index is -0.679. The average Bonchev–Trinajstić information content (AvgIpc) is 2.88. The van der Waals surface area contributed by atoms with Crippen LogP contribution in [0.1, 0.15) is 37.3 Å². The molecule has 0 atom stereocenters. The fourth-order valence-corrected chi connectivity index (χ4v) is 5.95.